The fourth-order valence-corrected chi connectivity index (χ4v) is 4.30. The topological polar surface area (TPSA) is 34.3 Å². The molecule has 0 spiro atoms. The molecular formula is C26H50O3. The standard InChI is InChI=1S/C26H50O3/c1-21(2)15-11-7-5-9-13-17-23(25-19-27-25)29-24(26-20-28-26)18-14-10-6-8-12-16-22(3)4/h21-26H,5-20H2,1-4H3. The Labute approximate surface area is 181 Å². The van der Waals surface area contributed by atoms with Crippen molar-refractivity contribution in [3.63, 3.8) is 0 Å². The molecule has 0 aromatic carbocycles. The van der Waals surface area contributed by atoms with Crippen LogP contribution in [0.3, 0.4) is 0 Å². The summed E-state index contributed by atoms with van der Waals surface area (Å²) in [5.41, 5.74) is 0. The van der Waals surface area contributed by atoms with Gasteiger partial charge in [-0.05, 0) is 24.7 Å². The lowest BCUT2D eigenvalue weighted by atomic mass is 10.0. The molecule has 0 aromatic heterocycles. The maximum atomic E-state index is 6.57. The Kier molecular flexibility index (Phi) is 12.8. The first-order valence-electron chi connectivity index (χ1n) is 12.9. The fourth-order valence-electron chi connectivity index (χ4n) is 4.30. The van der Waals surface area contributed by atoms with Crippen LogP contribution < -0.4 is 0 Å². The summed E-state index contributed by atoms with van der Waals surface area (Å²) in [4.78, 5) is 0. The van der Waals surface area contributed by atoms with Crippen molar-refractivity contribution in [1.82, 2.24) is 0 Å². The van der Waals surface area contributed by atoms with E-state index in [1.807, 2.05) is 0 Å². The summed E-state index contributed by atoms with van der Waals surface area (Å²) in [5.74, 6) is 1.70. The smallest absolute Gasteiger partial charge is 0.107 e. The minimum atomic E-state index is 0.297. The number of rotatable bonds is 20. The molecule has 2 fully saturated rings. The molecule has 2 aliphatic rings. The molecule has 0 aromatic rings. The zero-order valence-electron chi connectivity index (χ0n) is 20.0. The van der Waals surface area contributed by atoms with Crippen molar-refractivity contribution < 1.29 is 14.2 Å². The van der Waals surface area contributed by atoms with Gasteiger partial charge in [-0.25, -0.2) is 0 Å². The van der Waals surface area contributed by atoms with E-state index < -0.39 is 0 Å². The van der Waals surface area contributed by atoms with Gasteiger partial charge in [0.15, 0.2) is 0 Å². The second kappa shape index (κ2) is 14.8. The lowest BCUT2D eigenvalue weighted by Gasteiger charge is -2.23. The number of epoxide rings is 2. The molecule has 2 rings (SSSR count). The van der Waals surface area contributed by atoms with Crippen LogP contribution in [0.4, 0.5) is 0 Å². The van der Waals surface area contributed by atoms with Crippen LogP contribution in [0.5, 0.6) is 0 Å². The molecule has 0 saturated carbocycles. The summed E-state index contributed by atoms with van der Waals surface area (Å²) < 4.78 is 17.8. The Bertz CT molecular complexity index is 351. The molecule has 3 nitrogen and oxygen atoms in total. The molecule has 2 heterocycles. The van der Waals surface area contributed by atoms with Gasteiger partial charge in [-0.1, -0.05) is 105 Å². The van der Waals surface area contributed by atoms with Gasteiger partial charge in [0.05, 0.1) is 25.4 Å². The van der Waals surface area contributed by atoms with E-state index in [4.69, 9.17) is 14.2 Å². The highest BCUT2D eigenvalue weighted by Crippen LogP contribution is 2.29. The molecule has 29 heavy (non-hydrogen) atoms. The molecule has 172 valence electrons. The Morgan fingerprint density at radius 2 is 0.862 bits per heavy atom. The van der Waals surface area contributed by atoms with Gasteiger partial charge >= 0.3 is 0 Å². The van der Waals surface area contributed by atoms with E-state index in [-0.39, 0.29) is 0 Å². The Balaban J connectivity index is 1.55. The van der Waals surface area contributed by atoms with Gasteiger partial charge in [0.25, 0.3) is 0 Å². The summed E-state index contributed by atoms with van der Waals surface area (Å²) in [5, 5.41) is 0. The maximum Gasteiger partial charge on any atom is 0.107 e. The molecule has 3 heteroatoms. The van der Waals surface area contributed by atoms with Crippen LogP contribution >= 0.6 is 0 Å². The Morgan fingerprint density at radius 1 is 0.552 bits per heavy atom. The Morgan fingerprint density at radius 3 is 1.17 bits per heavy atom. The van der Waals surface area contributed by atoms with E-state index in [1.165, 1.54) is 77.0 Å². The highest BCUT2D eigenvalue weighted by Gasteiger charge is 2.39. The zero-order valence-corrected chi connectivity index (χ0v) is 20.0. The largest absolute Gasteiger partial charge is 0.370 e. The quantitative estimate of drug-likeness (QED) is 0.156. The van der Waals surface area contributed by atoms with E-state index >= 15 is 0 Å². The third-order valence-corrected chi connectivity index (χ3v) is 6.44. The third-order valence-electron chi connectivity index (χ3n) is 6.44. The molecule has 2 saturated heterocycles. The molecule has 4 unspecified atom stereocenters. The molecule has 0 radical (unpaired) electrons. The van der Waals surface area contributed by atoms with Crippen LogP contribution in [-0.4, -0.2) is 37.6 Å². The van der Waals surface area contributed by atoms with Crippen molar-refractivity contribution in [2.75, 3.05) is 13.2 Å². The minimum absolute atomic E-state index is 0.297. The van der Waals surface area contributed by atoms with Gasteiger partial charge in [0.2, 0.25) is 0 Å². The first kappa shape index (κ1) is 25.1. The van der Waals surface area contributed by atoms with E-state index in [2.05, 4.69) is 27.7 Å². The molecule has 4 atom stereocenters. The van der Waals surface area contributed by atoms with E-state index in [1.54, 1.807) is 0 Å². The summed E-state index contributed by atoms with van der Waals surface area (Å²) in [6.07, 6.45) is 19.9. The van der Waals surface area contributed by atoms with E-state index in [0.717, 1.165) is 37.9 Å². The van der Waals surface area contributed by atoms with Crippen LogP contribution in [0.2, 0.25) is 0 Å². The monoisotopic (exact) mass is 410 g/mol. The molecule has 0 aliphatic carbocycles. The lowest BCUT2D eigenvalue weighted by Crippen LogP contribution is -2.30. The van der Waals surface area contributed by atoms with Crippen molar-refractivity contribution >= 4 is 0 Å². The van der Waals surface area contributed by atoms with Crippen molar-refractivity contribution in [3.05, 3.63) is 0 Å². The van der Waals surface area contributed by atoms with Crippen molar-refractivity contribution in [1.29, 1.82) is 0 Å². The van der Waals surface area contributed by atoms with Crippen molar-refractivity contribution in [3.8, 4) is 0 Å². The highest BCUT2D eigenvalue weighted by molar-refractivity contribution is 4.86. The number of unbranched alkanes of at least 4 members (excludes halogenated alkanes) is 8. The van der Waals surface area contributed by atoms with Crippen molar-refractivity contribution in [2.45, 2.75) is 142 Å². The van der Waals surface area contributed by atoms with Gasteiger partial charge in [-0.2, -0.15) is 0 Å². The molecule has 0 amide bonds. The van der Waals surface area contributed by atoms with Gasteiger partial charge in [-0.3, -0.25) is 0 Å². The number of hydrogen-bond donors (Lipinski definition) is 0. The number of ether oxygens (including phenoxy) is 3. The first-order valence-corrected chi connectivity index (χ1v) is 12.9. The minimum Gasteiger partial charge on any atom is -0.370 e. The molecule has 2 aliphatic heterocycles. The second-order valence-corrected chi connectivity index (χ2v) is 10.4. The molecule has 0 bridgehead atoms. The summed E-state index contributed by atoms with van der Waals surface area (Å²) >= 11 is 0. The first-order chi connectivity index (χ1) is 14.1. The summed E-state index contributed by atoms with van der Waals surface area (Å²) in [6.45, 7) is 11.1. The normalized spacial score (nSPS) is 23.0. The predicted octanol–water partition coefficient (Wildman–Crippen LogP) is 7.31. The summed E-state index contributed by atoms with van der Waals surface area (Å²) in [7, 11) is 0. The van der Waals surface area contributed by atoms with Crippen LogP contribution in [0.25, 0.3) is 0 Å². The number of hydrogen-bond acceptors (Lipinski definition) is 3. The third kappa shape index (κ3) is 13.0. The lowest BCUT2D eigenvalue weighted by molar-refractivity contribution is -0.0468. The van der Waals surface area contributed by atoms with Crippen LogP contribution in [0, 0.1) is 11.8 Å². The zero-order chi connectivity index (χ0) is 20.9. The van der Waals surface area contributed by atoms with Gasteiger partial charge < -0.3 is 14.2 Å². The highest BCUT2D eigenvalue weighted by atomic mass is 16.6. The molecule has 0 N–H and O–H groups in total. The summed E-state index contributed by atoms with van der Waals surface area (Å²) in [6, 6.07) is 0. The second-order valence-electron chi connectivity index (χ2n) is 10.4. The van der Waals surface area contributed by atoms with Crippen LogP contribution in [0.1, 0.15) is 118 Å². The van der Waals surface area contributed by atoms with E-state index in [0.29, 0.717) is 24.4 Å². The SMILES string of the molecule is CC(C)CCCCCCCC(OC(CCCCCCCC(C)C)C1CO1)C1CO1. The average Bonchev–Trinajstić information content (AvgIpc) is 3.55. The van der Waals surface area contributed by atoms with Gasteiger partial charge in [0.1, 0.15) is 12.2 Å². The fraction of sp³-hybridized carbons (Fsp3) is 1.00. The van der Waals surface area contributed by atoms with Crippen molar-refractivity contribution in [2.24, 2.45) is 11.8 Å². The Hall–Kier alpha value is -0.120. The molecular weight excluding hydrogens is 360 g/mol. The van der Waals surface area contributed by atoms with Gasteiger partial charge in [0, 0.05) is 0 Å². The van der Waals surface area contributed by atoms with Crippen LogP contribution in [-0.2, 0) is 14.2 Å². The van der Waals surface area contributed by atoms with Gasteiger partial charge in [-0.15, -0.1) is 0 Å². The maximum absolute atomic E-state index is 6.57. The average molecular weight is 411 g/mol. The van der Waals surface area contributed by atoms with E-state index in [9.17, 15) is 0 Å². The predicted molar refractivity (Wildman–Crippen MR) is 122 cm³/mol. The van der Waals surface area contributed by atoms with Crippen LogP contribution in [0.15, 0.2) is 0 Å².